The van der Waals surface area contributed by atoms with Crippen molar-refractivity contribution in [2.45, 2.75) is 0 Å². The van der Waals surface area contributed by atoms with Crippen LogP contribution in [-0.2, 0) is 9.59 Å². The van der Waals surface area contributed by atoms with Crippen molar-refractivity contribution in [3.05, 3.63) is 94.4 Å². The molecule has 1 aliphatic carbocycles. The Labute approximate surface area is 159 Å². The summed E-state index contributed by atoms with van der Waals surface area (Å²) < 4.78 is 0. The van der Waals surface area contributed by atoms with Crippen molar-refractivity contribution in [3.63, 3.8) is 0 Å². The van der Waals surface area contributed by atoms with E-state index in [2.05, 4.69) is 0 Å². The van der Waals surface area contributed by atoms with Gasteiger partial charge in [0.15, 0.2) is 11.5 Å². The van der Waals surface area contributed by atoms with Crippen molar-refractivity contribution < 1.29 is 19.8 Å². The highest BCUT2D eigenvalue weighted by Crippen LogP contribution is 2.36. The summed E-state index contributed by atoms with van der Waals surface area (Å²) >= 11 is 6.10. The fourth-order valence-corrected chi connectivity index (χ4v) is 3.44. The molecule has 0 heterocycles. The number of fused-ring (bicyclic) bond motifs is 1. The van der Waals surface area contributed by atoms with Gasteiger partial charge in [0.2, 0.25) is 11.6 Å². The number of ketones is 2. The third kappa shape index (κ3) is 2.71. The molecule has 5 heteroatoms. The number of Topliss-reactive ketones (excluding diaryl/α,β-unsaturated/α-hetero) is 2. The van der Waals surface area contributed by atoms with E-state index in [0.29, 0.717) is 5.56 Å². The molecule has 4 rings (SSSR count). The quantitative estimate of drug-likeness (QED) is 0.625. The largest absolute Gasteiger partial charge is 0.504 e. The molecule has 0 unspecified atom stereocenters. The number of allylic oxidation sites excluding steroid dienone is 2. The number of carbonyl (C=O) groups excluding carboxylic acids is 2. The zero-order valence-electron chi connectivity index (χ0n) is 13.9. The number of halogens is 1. The minimum absolute atomic E-state index is 0.194. The lowest BCUT2D eigenvalue weighted by atomic mass is 9.85. The van der Waals surface area contributed by atoms with Crippen LogP contribution in [0, 0.1) is 0 Å². The van der Waals surface area contributed by atoms with Gasteiger partial charge >= 0.3 is 0 Å². The monoisotopic (exact) mass is 376 g/mol. The Morgan fingerprint density at radius 1 is 0.667 bits per heavy atom. The summed E-state index contributed by atoms with van der Waals surface area (Å²) in [6, 6.07) is 18.9. The maximum absolute atomic E-state index is 12.8. The molecule has 3 aromatic rings. The summed E-state index contributed by atoms with van der Waals surface area (Å²) in [5.41, 5.74) is 0.0279. The molecule has 0 saturated carbocycles. The van der Waals surface area contributed by atoms with Crippen LogP contribution in [0.4, 0.5) is 0 Å². The van der Waals surface area contributed by atoms with Gasteiger partial charge in [-0.15, -0.1) is 0 Å². The molecule has 0 atom stereocenters. The van der Waals surface area contributed by atoms with Gasteiger partial charge in [-0.3, -0.25) is 9.59 Å². The van der Waals surface area contributed by atoms with E-state index < -0.39 is 23.1 Å². The number of aliphatic hydroxyl groups is 2. The highest BCUT2D eigenvalue weighted by molar-refractivity contribution is 6.48. The Morgan fingerprint density at radius 2 is 1.26 bits per heavy atom. The minimum atomic E-state index is -0.844. The number of benzene rings is 3. The lowest BCUT2D eigenvalue weighted by Gasteiger charge is -2.19. The topological polar surface area (TPSA) is 74.6 Å². The number of aliphatic hydroxyl groups excluding tert-OH is 2. The molecule has 27 heavy (non-hydrogen) atoms. The average Bonchev–Trinajstić information content (AvgIpc) is 2.68. The summed E-state index contributed by atoms with van der Waals surface area (Å²) in [4.78, 5) is 25.5. The summed E-state index contributed by atoms with van der Waals surface area (Å²) in [6.45, 7) is 0. The molecular weight excluding hydrogens is 364 g/mol. The van der Waals surface area contributed by atoms with E-state index in [4.69, 9.17) is 11.6 Å². The Balaban J connectivity index is 1.88. The molecule has 1 aliphatic rings. The third-order valence-electron chi connectivity index (χ3n) is 4.54. The number of hydrogen-bond acceptors (Lipinski definition) is 4. The highest BCUT2D eigenvalue weighted by Gasteiger charge is 2.37. The minimum Gasteiger partial charge on any atom is -0.504 e. The van der Waals surface area contributed by atoms with Crippen LogP contribution in [0.3, 0.4) is 0 Å². The van der Waals surface area contributed by atoms with Crippen LogP contribution in [0.1, 0.15) is 11.1 Å². The molecule has 0 saturated heterocycles. The van der Waals surface area contributed by atoms with Crippen LogP contribution in [-0.4, -0.2) is 21.8 Å². The van der Waals surface area contributed by atoms with E-state index in [1.54, 1.807) is 30.3 Å². The number of rotatable bonds is 2. The van der Waals surface area contributed by atoms with Crippen molar-refractivity contribution in [1.29, 1.82) is 0 Å². The SMILES string of the molecule is O=C1C(O)=C(c2ccccc2Cl)C(=O)C(O)=C1c1ccc2ccccc2c1. The number of hydrogen-bond donors (Lipinski definition) is 2. The first-order chi connectivity index (χ1) is 13.0. The second-order valence-electron chi connectivity index (χ2n) is 6.15. The van der Waals surface area contributed by atoms with Crippen molar-refractivity contribution in [2.75, 3.05) is 0 Å². The Bertz CT molecular complexity index is 1190. The van der Waals surface area contributed by atoms with Gasteiger partial charge < -0.3 is 10.2 Å². The normalized spacial score (nSPS) is 15.0. The van der Waals surface area contributed by atoms with Crippen LogP contribution in [0.15, 0.2) is 78.2 Å². The predicted octanol–water partition coefficient (Wildman–Crippen LogP) is 4.88. The molecule has 0 radical (unpaired) electrons. The maximum atomic E-state index is 12.8. The summed E-state index contributed by atoms with van der Waals surface area (Å²) in [5.74, 6) is -3.10. The first kappa shape index (κ1) is 17.1. The molecular formula is C22H13ClO4. The Hall–Kier alpha value is -3.37. The van der Waals surface area contributed by atoms with E-state index in [1.165, 1.54) is 12.1 Å². The van der Waals surface area contributed by atoms with E-state index in [-0.39, 0.29) is 21.7 Å². The van der Waals surface area contributed by atoms with Crippen molar-refractivity contribution in [3.8, 4) is 0 Å². The predicted molar refractivity (Wildman–Crippen MR) is 105 cm³/mol. The van der Waals surface area contributed by atoms with Crippen molar-refractivity contribution in [1.82, 2.24) is 0 Å². The lowest BCUT2D eigenvalue weighted by Crippen LogP contribution is -2.22. The second kappa shape index (κ2) is 6.41. The van der Waals surface area contributed by atoms with Crippen molar-refractivity contribution in [2.24, 2.45) is 0 Å². The number of carbonyl (C=O) groups is 2. The fraction of sp³-hybridized carbons (Fsp3) is 0. The van der Waals surface area contributed by atoms with E-state index in [1.807, 2.05) is 24.3 Å². The molecule has 132 valence electrons. The standard InChI is InChI=1S/C22H13ClO4/c23-16-8-4-3-7-15(16)18-21(26)19(24)17(20(25)22(18)27)14-10-9-12-5-1-2-6-13(12)11-14/h1-11,24,27H. The Kier molecular flexibility index (Phi) is 4.05. The van der Waals surface area contributed by atoms with Crippen molar-refractivity contribution >= 4 is 45.1 Å². The van der Waals surface area contributed by atoms with Gasteiger partial charge in [0.1, 0.15) is 0 Å². The molecule has 0 aromatic heterocycles. The van der Waals surface area contributed by atoms with Gasteiger partial charge in [-0.1, -0.05) is 66.2 Å². The van der Waals surface area contributed by atoms with Gasteiger partial charge in [0, 0.05) is 10.6 Å². The summed E-state index contributed by atoms with van der Waals surface area (Å²) in [7, 11) is 0. The van der Waals surface area contributed by atoms with Gasteiger partial charge in [-0.2, -0.15) is 0 Å². The average molecular weight is 377 g/mol. The van der Waals surface area contributed by atoms with Crippen LogP contribution in [0.5, 0.6) is 0 Å². The van der Waals surface area contributed by atoms with Gasteiger partial charge in [0.25, 0.3) is 0 Å². The molecule has 0 spiro atoms. The fourth-order valence-electron chi connectivity index (χ4n) is 3.21. The molecule has 4 nitrogen and oxygen atoms in total. The van der Waals surface area contributed by atoms with E-state index in [9.17, 15) is 19.8 Å². The van der Waals surface area contributed by atoms with Crippen LogP contribution >= 0.6 is 11.6 Å². The van der Waals surface area contributed by atoms with Gasteiger partial charge in [0.05, 0.1) is 11.1 Å². The lowest BCUT2D eigenvalue weighted by molar-refractivity contribution is -0.116. The van der Waals surface area contributed by atoms with E-state index in [0.717, 1.165) is 10.8 Å². The molecule has 2 N–H and O–H groups in total. The summed E-state index contributed by atoms with van der Waals surface area (Å²) in [5, 5.41) is 22.9. The first-order valence-electron chi connectivity index (χ1n) is 8.19. The van der Waals surface area contributed by atoms with Crippen LogP contribution < -0.4 is 0 Å². The third-order valence-corrected chi connectivity index (χ3v) is 4.87. The van der Waals surface area contributed by atoms with Crippen LogP contribution in [0.2, 0.25) is 5.02 Å². The van der Waals surface area contributed by atoms with Gasteiger partial charge in [-0.05, 0) is 28.5 Å². The van der Waals surface area contributed by atoms with Gasteiger partial charge in [-0.25, -0.2) is 0 Å². The second-order valence-corrected chi connectivity index (χ2v) is 6.55. The zero-order valence-corrected chi connectivity index (χ0v) is 14.7. The maximum Gasteiger partial charge on any atom is 0.232 e. The Morgan fingerprint density at radius 3 is 2.00 bits per heavy atom. The molecule has 0 bridgehead atoms. The molecule has 0 amide bonds. The molecule has 0 fully saturated rings. The molecule has 0 aliphatic heterocycles. The molecule has 3 aromatic carbocycles. The summed E-state index contributed by atoms with van der Waals surface area (Å²) in [6.07, 6.45) is 0. The smallest absolute Gasteiger partial charge is 0.232 e. The van der Waals surface area contributed by atoms with E-state index >= 15 is 0 Å². The zero-order chi connectivity index (χ0) is 19.1. The first-order valence-corrected chi connectivity index (χ1v) is 8.57. The highest BCUT2D eigenvalue weighted by atomic mass is 35.5. The van der Waals surface area contributed by atoms with Crippen LogP contribution in [0.25, 0.3) is 21.9 Å².